The topological polar surface area (TPSA) is 36.7 Å². The minimum atomic E-state index is 0.378. The summed E-state index contributed by atoms with van der Waals surface area (Å²) in [6.45, 7) is 2.02. The van der Waals surface area contributed by atoms with Crippen molar-refractivity contribution >= 4 is 34.5 Å². The van der Waals surface area contributed by atoms with Crippen LogP contribution >= 0.6 is 34.5 Å². The summed E-state index contributed by atoms with van der Waals surface area (Å²) in [5.74, 6) is 0. The number of rotatable bonds is 3. The van der Waals surface area contributed by atoms with Gasteiger partial charge in [0.1, 0.15) is 5.01 Å². The number of nitriles is 1. The van der Waals surface area contributed by atoms with Gasteiger partial charge in [-0.05, 0) is 18.6 Å². The number of aromatic nitrogens is 1. The number of hydrogen-bond acceptors (Lipinski definition) is 3. The third kappa shape index (κ3) is 2.51. The first-order valence-electron chi connectivity index (χ1n) is 5.47. The maximum Gasteiger partial charge on any atom is 0.126 e. The Morgan fingerprint density at radius 3 is 2.56 bits per heavy atom. The summed E-state index contributed by atoms with van der Waals surface area (Å²) in [5.41, 5.74) is 1.71. The SMILES string of the molecule is CCc1nc(-c2c(Cl)cccc2Cl)sc1CC#N. The highest BCUT2D eigenvalue weighted by molar-refractivity contribution is 7.15. The predicted molar refractivity (Wildman–Crippen MR) is 76.3 cm³/mol. The number of halogens is 2. The van der Waals surface area contributed by atoms with Gasteiger partial charge < -0.3 is 0 Å². The van der Waals surface area contributed by atoms with Gasteiger partial charge in [-0.25, -0.2) is 4.98 Å². The normalized spacial score (nSPS) is 10.3. The number of thiazole rings is 1. The average Bonchev–Trinajstić information content (AvgIpc) is 2.72. The number of hydrogen-bond donors (Lipinski definition) is 0. The fraction of sp³-hybridized carbons (Fsp3) is 0.231. The van der Waals surface area contributed by atoms with E-state index in [1.807, 2.05) is 6.92 Å². The smallest absolute Gasteiger partial charge is 0.126 e. The van der Waals surface area contributed by atoms with Crippen LogP contribution in [0.4, 0.5) is 0 Å². The van der Waals surface area contributed by atoms with Crippen molar-refractivity contribution in [1.29, 1.82) is 5.26 Å². The average molecular weight is 297 g/mol. The quantitative estimate of drug-likeness (QED) is 0.820. The molecule has 2 aromatic rings. The zero-order valence-corrected chi connectivity index (χ0v) is 12.0. The third-order valence-electron chi connectivity index (χ3n) is 2.53. The summed E-state index contributed by atoms with van der Waals surface area (Å²) < 4.78 is 0. The van der Waals surface area contributed by atoms with Crippen LogP contribution in [0.2, 0.25) is 10.0 Å². The summed E-state index contributed by atoms with van der Waals surface area (Å²) >= 11 is 13.8. The summed E-state index contributed by atoms with van der Waals surface area (Å²) in [6, 6.07) is 7.54. The number of aryl methyl sites for hydroxylation is 1. The van der Waals surface area contributed by atoms with Gasteiger partial charge in [0.25, 0.3) is 0 Å². The Bertz CT molecular complexity index is 594. The lowest BCUT2D eigenvalue weighted by Crippen LogP contribution is -1.87. The van der Waals surface area contributed by atoms with Crippen molar-refractivity contribution in [1.82, 2.24) is 4.98 Å². The molecule has 0 amide bonds. The molecule has 1 aromatic carbocycles. The molecule has 0 spiro atoms. The number of benzene rings is 1. The third-order valence-corrected chi connectivity index (χ3v) is 4.27. The van der Waals surface area contributed by atoms with Crippen molar-refractivity contribution in [2.24, 2.45) is 0 Å². The molecule has 0 bridgehead atoms. The van der Waals surface area contributed by atoms with Crippen molar-refractivity contribution < 1.29 is 0 Å². The Kier molecular flexibility index (Phi) is 4.23. The first-order valence-corrected chi connectivity index (χ1v) is 7.04. The van der Waals surface area contributed by atoms with Gasteiger partial charge in [-0.15, -0.1) is 11.3 Å². The lowest BCUT2D eigenvalue weighted by molar-refractivity contribution is 1.03. The molecule has 5 heteroatoms. The molecule has 0 radical (unpaired) electrons. The zero-order valence-electron chi connectivity index (χ0n) is 9.70. The van der Waals surface area contributed by atoms with E-state index in [2.05, 4.69) is 11.1 Å². The van der Waals surface area contributed by atoms with E-state index in [0.717, 1.165) is 27.6 Å². The van der Waals surface area contributed by atoms with E-state index in [4.69, 9.17) is 28.5 Å². The van der Waals surface area contributed by atoms with E-state index in [-0.39, 0.29) is 0 Å². The van der Waals surface area contributed by atoms with Crippen LogP contribution in [-0.2, 0) is 12.8 Å². The molecular weight excluding hydrogens is 287 g/mol. The van der Waals surface area contributed by atoms with Crippen LogP contribution < -0.4 is 0 Å². The zero-order chi connectivity index (χ0) is 13.1. The lowest BCUT2D eigenvalue weighted by Gasteiger charge is -2.02. The highest BCUT2D eigenvalue weighted by atomic mass is 35.5. The molecule has 0 N–H and O–H groups in total. The minimum Gasteiger partial charge on any atom is -0.241 e. The predicted octanol–water partition coefficient (Wildman–Crippen LogP) is 4.75. The summed E-state index contributed by atoms with van der Waals surface area (Å²) in [5, 5.41) is 10.8. The molecule has 2 rings (SSSR count). The minimum absolute atomic E-state index is 0.378. The molecule has 0 aliphatic rings. The first-order chi connectivity index (χ1) is 8.67. The summed E-state index contributed by atoms with van der Waals surface area (Å²) in [4.78, 5) is 5.53. The van der Waals surface area contributed by atoms with Gasteiger partial charge in [0.15, 0.2) is 0 Å². The van der Waals surface area contributed by atoms with Crippen LogP contribution in [0.15, 0.2) is 18.2 Å². The molecule has 0 aliphatic heterocycles. The molecule has 0 fully saturated rings. The maximum absolute atomic E-state index is 8.81. The lowest BCUT2D eigenvalue weighted by atomic mass is 10.2. The Labute approximate surface area is 120 Å². The van der Waals surface area contributed by atoms with E-state index >= 15 is 0 Å². The Morgan fingerprint density at radius 1 is 1.33 bits per heavy atom. The van der Waals surface area contributed by atoms with Gasteiger partial charge >= 0.3 is 0 Å². The molecule has 0 saturated carbocycles. The number of nitrogens with zero attached hydrogens (tertiary/aromatic N) is 2. The summed E-state index contributed by atoms with van der Waals surface area (Å²) in [6.07, 6.45) is 1.18. The monoisotopic (exact) mass is 296 g/mol. The standard InChI is InChI=1S/C13H10Cl2N2S/c1-2-10-11(6-7-16)18-13(17-10)12-8(14)4-3-5-9(12)15/h3-5H,2,6H2,1H3. The van der Waals surface area contributed by atoms with E-state index in [0.29, 0.717) is 16.5 Å². The second kappa shape index (κ2) is 5.71. The first kappa shape index (κ1) is 13.4. The Hall–Kier alpha value is -1.08. The van der Waals surface area contributed by atoms with Crippen LogP contribution in [0.1, 0.15) is 17.5 Å². The maximum atomic E-state index is 8.81. The van der Waals surface area contributed by atoms with E-state index in [9.17, 15) is 0 Å². The van der Waals surface area contributed by atoms with Crippen LogP contribution in [0.25, 0.3) is 10.6 Å². The van der Waals surface area contributed by atoms with Crippen molar-refractivity contribution in [2.75, 3.05) is 0 Å². The molecule has 1 aromatic heterocycles. The van der Waals surface area contributed by atoms with Crippen molar-refractivity contribution in [3.63, 3.8) is 0 Å². The van der Waals surface area contributed by atoms with Gasteiger partial charge in [-0.3, -0.25) is 0 Å². The van der Waals surface area contributed by atoms with Crippen LogP contribution in [-0.4, -0.2) is 4.98 Å². The molecule has 2 nitrogen and oxygen atoms in total. The molecule has 0 aliphatic carbocycles. The van der Waals surface area contributed by atoms with Gasteiger partial charge in [-0.2, -0.15) is 5.26 Å². The van der Waals surface area contributed by atoms with Crippen LogP contribution in [0, 0.1) is 11.3 Å². The fourth-order valence-electron chi connectivity index (χ4n) is 1.68. The van der Waals surface area contributed by atoms with Crippen molar-refractivity contribution in [2.45, 2.75) is 19.8 Å². The van der Waals surface area contributed by atoms with Gasteiger partial charge in [-0.1, -0.05) is 36.2 Å². The largest absolute Gasteiger partial charge is 0.241 e. The summed E-state index contributed by atoms with van der Waals surface area (Å²) in [7, 11) is 0. The highest BCUT2D eigenvalue weighted by Gasteiger charge is 2.15. The second-order valence-corrected chi connectivity index (χ2v) is 5.57. The van der Waals surface area contributed by atoms with Crippen molar-refractivity contribution in [3.05, 3.63) is 38.8 Å². The molecule has 0 saturated heterocycles. The fourth-order valence-corrected chi connectivity index (χ4v) is 3.52. The molecule has 18 heavy (non-hydrogen) atoms. The molecule has 0 unspecified atom stereocenters. The second-order valence-electron chi connectivity index (χ2n) is 3.67. The van der Waals surface area contributed by atoms with Gasteiger partial charge in [0.2, 0.25) is 0 Å². The van der Waals surface area contributed by atoms with Crippen LogP contribution in [0.5, 0.6) is 0 Å². The van der Waals surface area contributed by atoms with Gasteiger partial charge in [0, 0.05) is 10.4 Å². The molecule has 92 valence electrons. The molecular formula is C13H10Cl2N2S. The van der Waals surface area contributed by atoms with E-state index in [1.54, 1.807) is 18.2 Å². The van der Waals surface area contributed by atoms with E-state index in [1.165, 1.54) is 11.3 Å². The van der Waals surface area contributed by atoms with E-state index < -0.39 is 0 Å². The van der Waals surface area contributed by atoms with Crippen LogP contribution in [0.3, 0.4) is 0 Å². The Balaban J connectivity index is 2.55. The molecule has 1 heterocycles. The molecule has 0 atom stereocenters. The van der Waals surface area contributed by atoms with Gasteiger partial charge in [0.05, 0.1) is 28.2 Å². The highest BCUT2D eigenvalue weighted by Crippen LogP contribution is 2.38. The Morgan fingerprint density at radius 2 is 2.00 bits per heavy atom. The van der Waals surface area contributed by atoms with Crippen molar-refractivity contribution in [3.8, 4) is 16.6 Å².